The molecule has 0 spiro atoms. The summed E-state index contributed by atoms with van der Waals surface area (Å²) >= 11 is 1.77. The highest BCUT2D eigenvalue weighted by Gasteiger charge is 2.15. The van der Waals surface area contributed by atoms with E-state index in [1.807, 2.05) is 24.3 Å². The van der Waals surface area contributed by atoms with Gasteiger partial charge in [-0.25, -0.2) is 0 Å². The molecule has 1 aromatic carbocycles. The van der Waals surface area contributed by atoms with Crippen LogP contribution < -0.4 is 15.4 Å². The van der Waals surface area contributed by atoms with Crippen LogP contribution in [0.3, 0.4) is 0 Å². The zero-order chi connectivity index (χ0) is 14.2. The Bertz CT molecular complexity index is 434. The van der Waals surface area contributed by atoms with Crippen molar-refractivity contribution in [1.82, 2.24) is 10.6 Å². The number of methoxy groups -OCH3 is 1. The summed E-state index contributed by atoms with van der Waals surface area (Å²) in [6, 6.07) is 7.76. The van der Waals surface area contributed by atoms with Gasteiger partial charge in [-0.05, 0) is 32.0 Å². The van der Waals surface area contributed by atoms with Crippen LogP contribution in [-0.4, -0.2) is 37.1 Å². The molecule has 1 saturated heterocycles. The fourth-order valence-corrected chi connectivity index (χ4v) is 3.31. The molecule has 0 atom stereocenters. The molecule has 5 heteroatoms. The summed E-state index contributed by atoms with van der Waals surface area (Å²) in [6.07, 6.45) is 2.31. The van der Waals surface area contributed by atoms with Gasteiger partial charge in [-0.2, -0.15) is 0 Å². The number of hydrogen-bond acceptors (Lipinski definition) is 4. The fourth-order valence-electron chi connectivity index (χ4n) is 2.25. The van der Waals surface area contributed by atoms with Crippen LogP contribution in [-0.2, 0) is 11.3 Å². The van der Waals surface area contributed by atoms with E-state index in [0.29, 0.717) is 17.5 Å². The van der Waals surface area contributed by atoms with Crippen LogP contribution in [0.25, 0.3) is 0 Å². The minimum absolute atomic E-state index is 0.0967. The Morgan fingerprint density at radius 1 is 1.40 bits per heavy atom. The smallest absolute Gasteiger partial charge is 0.230 e. The molecule has 0 aliphatic carbocycles. The number of rotatable bonds is 6. The third-order valence-electron chi connectivity index (χ3n) is 3.40. The van der Waals surface area contributed by atoms with E-state index in [1.165, 1.54) is 0 Å². The third kappa shape index (κ3) is 4.72. The Morgan fingerprint density at radius 3 is 2.90 bits per heavy atom. The quantitative estimate of drug-likeness (QED) is 0.840. The van der Waals surface area contributed by atoms with E-state index >= 15 is 0 Å². The second-order valence-electron chi connectivity index (χ2n) is 4.85. The lowest BCUT2D eigenvalue weighted by atomic mass is 10.2. The molecule has 0 unspecified atom stereocenters. The van der Waals surface area contributed by atoms with E-state index in [9.17, 15) is 4.79 Å². The normalized spacial score (nSPS) is 15.8. The Kier molecular flexibility index (Phi) is 6.21. The zero-order valence-corrected chi connectivity index (χ0v) is 12.7. The maximum Gasteiger partial charge on any atom is 0.230 e. The van der Waals surface area contributed by atoms with E-state index in [-0.39, 0.29) is 5.91 Å². The van der Waals surface area contributed by atoms with Crippen LogP contribution in [0.15, 0.2) is 24.3 Å². The van der Waals surface area contributed by atoms with Crippen molar-refractivity contribution in [1.29, 1.82) is 0 Å². The summed E-state index contributed by atoms with van der Waals surface area (Å²) in [4.78, 5) is 11.9. The number of para-hydroxylation sites is 1. The predicted octanol–water partition coefficient (Wildman–Crippen LogP) is 1.80. The highest BCUT2D eigenvalue weighted by Crippen LogP contribution is 2.20. The van der Waals surface area contributed by atoms with Crippen molar-refractivity contribution in [2.75, 3.05) is 26.0 Å². The van der Waals surface area contributed by atoms with Gasteiger partial charge >= 0.3 is 0 Å². The average Bonchev–Trinajstić information content (AvgIpc) is 2.52. The molecule has 110 valence electrons. The highest BCUT2D eigenvalue weighted by atomic mass is 32.2. The van der Waals surface area contributed by atoms with E-state index in [4.69, 9.17) is 4.74 Å². The van der Waals surface area contributed by atoms with Gasteiger partial charge in [-0.3, -0.25) is 4.79 Å². The number of carbonyl (C=O) groups is 1. The molecule has 4 nitrogen and oxygen atoms in total. The molecule has 0 bridgehead atoms. The molecule has 1 heterocycles. The number of thioether (sulfide) groups is 1. The first kappa shape index (κ1) is 15.2. The van der Waals surface area contributed by atoms with Crippen LogP contribution >= 0.6 is 11.8 Å². The van der Waals surface area contributed by atoms with Gasteiger partial charge in [0.25, 0.3) is 0 Å². The predicted molar refractivity (Wildman–Crippen MR) is 83.2 cm³/mol. The summed E-state index contributed by atoms with van der Waals surface area (Å²) in [5.41, 5.74) is 1.01. The number of hydrogen-bond donors (Lipinski definition) is 2. The minimum atomic E-state index is 0.0967. The summed E-state index contributed by atoms with van der Waals surface area (Å²) in [7, 11) is 1.65. The van der Waals surface area contributed by atoms with Gasteiger partial charge in [0, 0.05) is 17.4 Å². The molecule has 1 aromatic rings. The topological polar surface area (TPSA) is 50.4 Å². The number of nitrogens with one attached hydrogen (secondary N) is 2. The first-order valence-electron chi connectivity index (χ1n) is 7.00. The van der Waals surface area contributed by atoms with Crippen LogP contribution in [0.2, 0.25) is 0 Å². The molecule has 0 saturated carbocycles. The Morgan fingerprint density at radius 2 is 2.15 bits per heavy atom. The van der Waals surface area contributed by atoms with Crippen molar-refractivity contribution in [3.8, 4) is 5.75 Å². The van der Waals surface area contributed by atoms with Crippen molar-refractivity contribution in [2.45, 2.75) is 24.6 Å². The zero-order valence-electron chi connectivity index (χ0n) is 11.9. The Balaban J connectivity index is 1.71. The number of carbonyl (C=O) groups excluding carboxylic acids is 1. The molecule has 1 aliphatic rings. The second-order valence-corrected chi connectivity index (χ2v) is 6.14. The number of piperidine rings is 1. The second kappa shape index (κ2) is 8.17. The van der Waals surface area contributed by atoms with Crippen LogP contribution in [0.5, 0.6) is 5.75 Å². The minimum Gasteiger partial charge on any atom is -0.496 e. The van der Waals surface area contributed by atoms with E-state index in [1.54, 1.807) is 18.9 Å². The van der Waals surface area contributed by atoms with Gasteiger partial charge in [-0.1, -0.05) is 18.2 Å². The lowest BCUT2D eigenvalue weighted by Gasteiger charge is -2.21. The van der Waals surface area contributed by atoms with E-state index in [2.05, 4.69) is 10.6 Å². The molecule has 2 rings (SSSR count). The maximum atomic E-state index is 11.9. The van der Waals surface area contributed by atoms with Crippen LogP contribution in [0.4, 0.5) is 0 Å². The molecule has 0 radical (unpaired) electrons. The summed E-state index contributed by atoms with van der Waals surface area (Å²) in [6.45, 7) is 2.66. The van der Waals surface area contributed by atoms with E-state index < -0.39 is 0 Å². The average molecular weight is 294 g/mol. The Hall–Kier alpha value is -1.20. The molecule has 1 amide bonds. The van der Waals surface area contributed by atoms with Gasteiger partial charge < -0.3 is 15.4 Å². The van der Waals surface area contributed by atoms with Gasteiger partial charge in [0.1, 0.15) is 5.75 Å². The van der Waals surface area contributed by atoms with Crippen molar-refractivity contribution >= 4 is 17.7 Å². The maximum absolute atomic E-state index is 11.9. The summed E-state index contributed by atoms with van der Waals surface area (Å²) < 4.78 is 5.27. The first-order valence-corrected chi connectivity index (χ1v) is 8.05. The standard InChI is InChI=1S/C15H22N2O2S/c1-19-14-5-3-2-4-12(14)10-17-15(18)11-20-13-6-8-16-9-7-13/h2-5,13,16H,6-11H2,1H3,(H,17,18). The van der Waals surface area contributed by atoms with Gasteiger partial charge in [-0.15, -0.1) is 11.8 Å². The summed E-state index contributed by atoms with van der Waals surface area (Å²) in [5.74, 6) is 1.46. The Labute approximate surface area is 124 Å². The molecule has 1 fully saturated rings. The third-order valence-corrected chi connectivity index (χ3v) is 4.78. The number of benzene rings is 1. The fraction of sp³-hybridized carbons (Fsp3) is 0.533. The molecular weight excluding hydrogens is 272 g/mol. The largest absolute Gasteiger partial charge is 0.496 e. The SMILES string of the molecule is COc1ccccc1CNC(=O)CSC1CCNCC1. The molecule has 1 aliphatic heterocycles. The van der Waals surface area contributed by atoms with Crippen molar-refractivity contribution in [3.05, 3.63) is 29.8 Å². The summed E-state index contributed by atoms with van der Waals surface area (Å²) in [5, 5.41) is 6.91. The van der Waals surface area contributed by atoms with Crippen molar-refractivity contribution in [3.63, 3.8) is 0 Å². The van der Waals surface area contributed by atoms with Gasteiger partial charge in [0.2, 0.25) is 5.91 Å². The monoisotopic (exact) mass is 294 g/mol. The van der Waals surface area contributed by atoms with Crippen molar-refractivity contribution in [2.24, 2.45) is 0 Å². The van der Waals surface area contributed by atoms with Crippen LogP contribution in [0, 0.1) is 0 Å². The van der Waals surface area contributed by atoms with E-state index in [0.717, 1.165) is 37.2 Å². The molecule has 0 aromatic heterocycles. The number of amides is 1. The van der Waals surface area contributed by atoms with Crippen LogP contribution in [0.1, 0.15) is 18.4 Å². The first-order chi connectivity index (χ1) is 9.79. The van der Waals surface area contributed by atoms with Gasteiger partial charge in [0.15, 0.2) is 0 Å². The molecule has 20 heavy (non-hydrogen) atoms. The van der Waals surface area contributed by atoms with Gasteiger partial charge in [0.05, 0.1) is 12.9 Å². The molecule has 2 N–H and O–H groups in total. The lowest BCUT2D eigenvalue weighted by Crippen LogP contribution is -2.31. The highest BCUT2D eigenvalue weighted by molar-refractivity contribution is 8.00. The molecular formula is C15H22N2O2S. The van der Waals surface area contributed by atoms with Crippen molar-refractivity contribution < 1.29 is 9.53 Å². The number of ether oxygens (including phenoxy) is 1. The lowest BCUT2D eigenvalue weighted by molar-refractivity contribution is -0.118.